The number of benzene rings is 2. The second-order valence-electron chi connectivity index (χ2n) is 5.10. The van der Waals surface area contributed by atoms with Gasteiger partial charge >= 0.3 is 0 Å². The first-order valence-electron chi connectivity index (χ1n) is 6.96. The van der Waals surface area contributed by atoms with Crippen molar-refractivity contribution in [3.05, 3.63) is 69.2 Å². The largest absolute Gasteiger partial charge is 0.306 e. The van der Waals surface area contributed by atoms with Gasteiger partial charge in [-0.15, -0.1) is 0 Å². The van der Waals surface area contributed by atoms with E-state index in [9.17, 15) is 8.78 Å². The fourth-order valence-electron chi connectivity index (χ4n) is 2.31. The van der Waals surface area contributed by atoms with Gasteiger partial charge in [-0.1, -0.05) is 35.0 Å². The molecule has 0 fully saturated rings. The van der Waals surface area contributed by atoms with Gasteiger partial charge in [0.1, 0.15) is 11.6 Å². The minimum Gasteiger partial charge on any atom is -0.306 e. The lowest BCUT2D eigenvalue weighted by molar-refractivity contribution is 0.580. The van der Waals surface area contributed by atoms with Crippen LogP contribution in [0.3, 0.4) is 0 Å². The van der Waals surface area contributed by atoms with Crippen molar-refractivity contribution in [3.8, 4) is 0 Å². The first-order valence-corrected chi connectivity index (χ1v) is 7.76. The second kappa shape index (κ2) is 7.14. The standard InChI is InChI=1S/C17H18BrF2N/c1-3-6-21-17(12-4-5-16(20)11(2)7-12)13-8-14(18)10-15(19)9-13/h4-5,7-10,17,21H,3,6H2,1-2H3. The van der Waals surface area contributed by atoms with Gasteiger partial charge in [0, 0.05) is 4.47 Å². The highest BCUT2D eigenvalue weighted by Crippen LogP contribution is 2.27. The zero-order valence-electron chi connectivity index (χ0n) is 12.1. The smallest absolute Gasteiger partial charge is 0.126 e. The monoisotopic (exact) mass is 353 g/mol. The third kappa shape index (κ3) is 4.11. The molecule has 0 aromatic heterocycles. The van der Waals surface area contributed by atoms with Gasteiger partial charge in [-0.05, 0) is 60.8 Å². The van der Waals surface area contributed by atoms with Crippen LogP contribution in [0.4, 0.5) is 8.78 Å². The lowest BCUT2D eigenvalue weighted by atomic mass is 9.97. The lowest BCUT2D eigenvalue weighted by Crippen LogP contribution is -2.23. The van der Waals surface area contributed by atoms with Crippen LogP contribution in [0, 0.1) is 18.6 Å². The van der Waals surface area contributed by atoms with E-state index in [4.69, 9.17) is 0 Å². The normalized spacial score (nSPS) is 12.4. The van der Waals surface area contributed by atoms with E-state index >= 15 is 0 Å². The Labute approximate surface area is 132 Å². The molecule has 2 aromatic rings. The zero-order valence-corrected chi connectivity index (χ0v) is 13.7. The predicted octanol–water partition coefficient (Wildman–Crippen LogP) is 5.12. The van der Waals surface area contributed by atoms with E-state index in [2.05, 4.69) is 28.2 Å². The Hall–Kier alpha value is -1.26. The van der Waals surface area contributed by atoms with Crippen molar-refractivity contribution in [2.24, 2.45) is 0 Å². The van der Waals surface area contributed by atoms with Crippen molar-refractivity contribution < 1.29 is 8.78 Å². The molecule has 1 N–H and O–H groups in total. The molecule has 0 saturated carbocycles. The predicted molar refractivity (Wildman–Crippen MR) is 85.4 cm³/mol. The average Bonchev–Trinajstić information content (AvgIpc) is 2.42. The summed E-state index contributed by atoms with van der Waals surface area (Å²) in [5.41, 5.74) is 2.34. The van der Waals surface area contributed by atoms with Crippen molar-refractivity contribution in [2.75, 3.05) is 6.54 Å². The van der Waals surface area contributed by atoms with Crippen LogP contribution in [-0.4, -0.2) is 6.54 Å². The average molecular weight is 354 g/mol. The molecule has 0 aliphatic heterocycles. The maximum Gasteiger partial charge on any atom is 0.126 e. The SMILES string of the molecule is CCCNC(c1cc(F)cc(Br)c1)c1ccc(F)c(C)c1. The molecule has 1 nitrogen and oxygen atoms in total. The van der Waals surface area contributed by atoms with Crippen LogP contribution >= 0.6 is 15.9 Å². The molecular formula is C17H18BrF2N. The zero-order chi connectivity index (χ0) is 15.4. The number of aryl methyl sites for hydroxylation is 1. The Bertz CT molecular complexity index is 608. The summed E-state index contributed by atoms with van der Waals surface area (Å²) >= 11 is 3.32. The molecule has 2 rings (SSSR count). The topological polar surface area (TPSA) is 12.0 Å². The third-order valence-electron chi connectivity index (χ3n) is 3.33. The van der Waals surface area contributed by atoms with Crippen LogP contribution in [0.1, 0.15) is 36.1 Å². The minimum absolute atomic E-state index is 0.156. The highest BCUT2D eigenvalue weighted by atomic mass is 79.9. The fraction of sp³-hybridized carbons (Fsp3) is 0.294. The van der Waals surface area contributed by atoms with Crippen LogP contribution in [0.2, 0.25) is 0 Å². The molecule has 0 radical (unpaired) electrons. The van der Waals surface area contributed by atoms with Crippen molar-refractivity contribution in [3.63, 3.8) is 0 Å². The van der Waals surface area contributed by atoms with Crippen molar-refractivity contribution in [2.45, 2.75) is 26.3 Å². The number of rotatable bonds is 5. The second-order valence-corrected chi connectivity index (χ2v) is 6.01. The van der Waals surface area contributed by atoms with E-state index in [0.717, 1.165) is 24.1 Å². The van der Waals surface area contributed by atoms with Gasteiger partial charge in [-0.25, -0.2) is 8.78 Å². The van der Waals surface area contributed by atoms with E-state index in [1.54, 1.807) is 13.0 Å². The summed E-state index contributed by atoms with van der Waals surface area (Å²) < 4.78 is 27.8. The van der Waals surface area contributed by atoms with Crippen LogP contribution in [0.15, 0.2) is 40.9 Å². The molecule has 0 amide bonds. The molecular weight excluding hydrogens is 336 g/mol. The first kappa shape index (κ1) is 16.1. The maximum absolute atomic E-state index is 13.7. The summed E-state index contributed by atoms with van der Waals surface area (Å²) in [6.45, 7) is 4.61. The molecule has 21 heavy (non-hydrogen) atoms. The molecule has 0 aliphatic carbocycles. The van der Waals surface area contributed by atoms with Crippen LogP contribution in [-0.2, 0) is 0 Å². The number of nitrogens with one attached hydrogen (secondary N) is 1. The molecule has 0 bridgehead atoms. The van der Waals surface area contributed by atoms with Crippen LogP contribution in [0.25, 0.3) is 0 Å². The molecule has 0 aliphatic rings. The number of halogens is 3. The van der Waals surface area contributed by atoms with Crippen LogP contribution < -0.4 is 5.32 Å². The van der Waals surface area contributed by atoms with Crippen molar-refractivity contribution >= 4 is 15.9 Å². The summed E-state index contributed by atoms with van der Waals surface area (Å²) in [5.74, 6) is -0.519. The van der Waals surface area contributed by atoms with Gasteiger partial charge in [-0.3, -0.25) is 0 Å². The molecule has 0 heterocycles. The summed E-state index contributed by atoms with van der Waals surface area (Å²) in [6, 6.07) is 9.67. The molecule has 1 atom stereocenters. The molecule has 4 heteroatoms. The fourth-order valence-corrected chi connectivity index (χ4v) is 2.79. The Morgan fingerprint density at radius 3 is 2.48 bits per heavy atom. The first-order chi connectivity index (χ1) is 10.0. The summed E-state index contributed by atoms with van der Waals surface area (Å²) in [4.78, 5) is 0. The number of hydrogen-bond acceptors (Lipinski definition) is 1. The summed E-state index contributed by atoms with van der Waals surface area (Å²) in [6.07, 6.45) is 0.965. The Morgan fingerprint density at radius 1 is 1.10 bits per heavy atom. The van der Waals surface area contributed by atoms with E-state index < -0.39 is 0 Å². The van der Waals surface area contributed by atoms with E-state index in [0.29, 0.717) is 10.0 Å². The van der Waals surface area contributed by atoms with Gasteiger partial charge < -0.3 is 5.32 Å². The van der Waals surface area contributed by atoms with Gasteiger partial charge in [0.05, 0.1) is 6.04 Å². The van der Waals surface area contributed by atoms with Gasteiger partial charge in [0.15, 0.2) is 0 Å². The van der Waals surface area contributed by atoms with Gasteiger partial charge in [0.25, 0.3) is 0 Å². The van der Waals surface area contributed by atoms with E-state index in [-0.39, 0.29) is 17.7 Å². The van der Waals surface area contributed by atoms with Gasteiger partial charge in [0.2, 0.25) is 0 Å². The maximum atomic E-state index is 13.7. The molecule has 1 unspecified atom stereocenters. The van der Waals surface area contributed by atoms with Crippen molar-refractivity contribution in [1.82, 2.24) is 5.32 Å². The van der Waals surface area contributed by atoms with E-state index in [1.807, 2.05) is 12.1 Å². The molecule has 0 spiro atoms. The quantitative estimate of drug-likeness (QED) is 0.785. The van der Waals surface area contributed by atoms with E-state index in [1.165, 1.54) is 18.2 Å². The molecule has 0 saturated heterocycles. The Kier molecular flexibility index (Phi) is 5.48. The van der Waals surface area contributed by atoms with Gasteiger partial charge in [-0.2, -0.15) is 0 Å². The number of hydrogen-bond donors (Lipinski definition) is 1. The highest BCUT2D eigenvalue weighted by molar-refractivity contribution is 9.10. The highest BCUT2D eigenvalue weighted by Gasteiger charge is 2.16. The molecule has 112 valence electrons. The summed E-state index contributed by atoms with van der Waals surface area (Å²) in [7, 11) is 0. The Balaban J connectivity index is 2.43. The minimum atomic E-state index is -0.290. The Morgan fingerprint density at radius 2 is 1.86 bits per heavy atom. The van der Waals surface area contributed by atoms with Crippen LogP contribution in [0.5, 0.6) is 0 Å². The van der Waals surface area contributed by atoms with Crippen molar-refractivity contribution in [1.29, 1.82) is 0 Å². The third-order valence-corrected chi connectivity index (χ3v) is 3.79. The molecule has 2 aromatic carbocycles. The summed E-state index contributed by atoms with van der Waals surface area (Å²) in [5, 5.41) is 3.39. The lowest BCUT2D eigenvalue weighted by Gasteiger charge is -2.20.